The van der Waals surface area contributed by atoms with Crippen molar-refractivity contribution in [3.05, 3.63) is 42.2 Å². The van der Waals surface area contributed by atoms with Crippen molar-refractivity contribution < 1.29 is 14.0 Å². The van der Waals surface area contributed by atoms with Crippen LogP contribution in [0.2, 0.25) is 0 Å². The van der Waals surface area contributed by atoms with Crippen molar-refractivity contribution in [2.75, 3.05) is 12.4 Å². The molecule has 3 rings (SSSR count). The van der Waals surface area contributed by atoms with E-state index in [0.717, 1.165) is 0 Å². The van der Waals surface area contributed by atoms with Crippen LogP contribution in [0.15, 0.2) is 30.6 Å². The molecule has 0 bridgehead atoms. The van der Waals surface area contributed by atoms with E-state index in [9.17, 15) is 14.0 Å². The smallest absolute Gasteiger partial charge is 0.241 e. The first-order chi connectivity index (χ1) is 12.0. The number of rotatable bonds is 6. The molecule has 130 valence electrons. The lowest BCUT2D eigenvalue weighted by Gasteiger charge is -2.01. The summed E-state index contributed by atoms with van der Waals surface area (Å²) in [6.07, 6.45) is 3.67. The van der Waals surface area contributed by atoms with E-state index in [2.05, 4.69) is 25.7 Å². The van der Waals surface area contributed by atoms with Crippen molar-refractivity contribution in [2.24, 2.45) is 0 Å². The van der Waals surface area contributed by atoms with Gasteiger partial charge in [0.1, 0.15) is 18.2 Å². The number of aromatic nitrogens is 4. The molecule has 3 aromatic rings. The molecular formula is C16H17FN6O2. The van der Waals surface area contributed by atoms with E-state index >= 15 is 0 Å². The molecule has 0 aliphatic rings. The first-order valence-corrected chi connectivity index (χ1v) is 7.70. The number of halogens is 1. The zero-order chi connectivity index (χ0) is 17.8. The van der Waals surface area contributed by atoms with Gasteiger partial charge in [-0.15, -0.1) is 0 Å². The number of hydrogen-bond acceptors (Lipinski definition) is 4. The van der Waals surface area contributed by atoms with Crippen LogP contribution in [0.1, 0.15) is 12.2 Å². The van der Waals surface area contributed by atoms with E-state index in [0.29, 0.717) is 29.0 Å². The molecule has 0 fully saturated rings. The van der Waals surface area contributed by atoms with Crippen LogP contribution in [0.5, 0.6) is 0 Å². The maximum Gasteiger partial charge on any atom is 0.241 e. The normalized spacial score (nSPS) is 10.8. The van der Waals surface area contributed by atoms with Gasteiger partial charge < -0.3 is 15.6 Å². The standard InChI is InChI=1S/C16H17FN6O2/c1-18-16(25)9-23-8-11(7-19-23)20-15(24)5-4-14-21-12-3-2-10(17)6-13(12)22-14/h2-3,6-8H,4-5,9H2,1H3,(H,18,25)(H,20,24)(H,21,22). The number of aromatic amines is 1. The molecule has 0 aliphatic carbocycles. The molecule has 0 radical (unpaired) electrons. The third kappa shape index (κ3) is 4.19. The summed E-state index contributed by atoms with van der Waals surface area (Å²) in [5.74, 6) is -0.103. The van der Waals surface area contributed by atoms with Crippen LogP contribution in [-0.4, -0.2) is 38.6 Å². The van der Waals surface area contributed by atoms with Gasteiger partial charge in [-0.2, -0.15) is 5.10 Å². The molecule has 0 atom stereocenters. The quantitative estimate of drug-likeness (QED) is 0.625. The fourth-order valence-corrected chi connectivity index (χ4v) is 2.35. The minimum absolute atomic E-state index is 0.0852. The summed E-state index contributed by atoms with van der Waals surface area (Å²) in [6.45, 7) is 0.0852. The second-order valence-electron chi connectivity index (χ2n) is 5.49. The first-order valence-electron chi connectivity index (χ1n) is 7.70. The van der Waals surface area contributed by atoms with Gasteiger partial charge in [0.15, 0.2) is 0 Å². The summed E-state index contributed by atoms with van der Waals surface area (Å²) in [6, 6.07) is 4.30. The number of nitrogens with zero attached hydrogens (tertiary/aromatic N) is 3. The molecule has 8 nitrogen and oxygen atoms in total. The van der Waals surface area contributed by atoms with Crippen LogP contribution in [0.4, 0.5) is 10.1 Å². The van der Waals surface area contributed by atoms with Crippen molar-refractivity contribution >= 4 is 28.5 Å². The van der Waals surface area contributed by atoms with Crippen LogP contribution >= 0.6 is 0 Å². The Balaban J connectivity index is 1.54. The van der Waals surface area contributed by atoms with E-state index in [4.69, 9.17) is 0 Å². The SMILES string of the molecule is CNC(=O)Cn1cc(NC(=O)CCc2nc3ccc(F)cc3[nH]2)cn1. The van der Waals surface area contributed by atoms with Crippen molar-refractivity contribution in [1.82, 2.24) is 25.1 Å². The molecule has 9 heteroatoms. The third-order valence-corrected chi connectivity index (χ3v) is 3.58. The van der Waals surface area contributed by atoms with Crippen LogP contribution in [-0.2, 0) is 22.6 Å². The highest BCUT2D eigenvalue weighted by molar-refractivity contribution is 5.90. The van der Waals surface area contributed by atoms with Gasteiger partial charge >= 0.3 is 0 Å². The highest BCUT2D eigenvalue weighted by Gasteiger charge is 2.09. The second-order valence-corrected chi connectivity index (χ2v) is 5.49. The number of H-pyrrole nitrogens is 1. The Morgan fingerprint density at radius 1 is 1.32 bits per heavy atom. The topological polar surface area (TPSA) is 105 Å². The van der Waals surface area contributed by atoms with E-state index in [-0.39, 0.29) is 30.6 Å². The number of amides is 2. The summed E-state index contributed by atoms with van der Waals surface area (Å²) in [5.41, 5.74) is 1.78. The van der Waals surface area contributed by atoms with Gasteiger partial charge in [0.25, 0.3) is 0 Å². The Morgan fingerprint density at radius 2 is 2.16 bits per heavy atom. The number of hydrogen-bond donors (Lipinski definition) is 3. The van der Waals surface area contributed by atoms with Crippen molar-refractivity contribution in [2.45, 2.75) is 19.4 Å². The molecule has 3 N–H and O–H groups in total. The number of anilines is 1. The molecule has 0 saturated carbocycles. The van der Waals surface area contributed by atoms with Gasteiger partial charge in [-0.05, 0) is 18.2 Å². The zero-order valence-corrected chi connectivity index (χ0v) is 13.5. The average molecular weight is 344 g/mol. The minimum Gasteiger partial charge on any atom is -0.358 e. The molecule has 2 heterocycles. The molecule has 0 saturated heterocycles. The summed E-state index contributed by atoms with van der Waals surface area (Å²) >= 11 is 0. The maximum atomic E-state index is 13.2. The fraction of sp³-hybridized carbons (Fsp3) is 0.250. The maximum absolute atomic E-state index is 13.2. The Morgan fingerprint density at radius 3 is 2.96 bits per heavy atom. The Bertz CT molecular complexity index is 916. The predicted molar refractivity (Wildman–Crippen MR) is 89.3 cm³/mol. The van der Waals surface area contributed by atoms with Gasteiger partial charge in [0.2, 0.25) is 11.8 Å². The summed E-state index contributed by atoms with van der Waals surface area (Å²) in [7, 11) is 1.54. The van der Waals surface area contributed by atoms with E-state index < -0.39 is 0 Å². The number of benzene rings is 1. The lowest BCUT2D eigenvalue weighted by molar-refractivity contribution is -0.121. The second kappa shape index (κ2) is 7.12. The monoisotopic (exact) mass is 344 g/mol. The first kappa shape index (κ1) is 16.6. The van der Waals surface area contributed by atoms with Crippen LogP contribution in [0.3, 0.4) is 0 Å². The van der Waals surface area contributed by atoms with Crippen molar-refractivity contribution in [3.63, 3.8) is 0 Å². The predicted octanol–water partition coefficient (Wildman–Crippen LogP) is 1.22. The summed E-state index contributed by atoms with van der Waals surface area (Å²) in [5, 5.41) is 9.21. The molecule has 1 aromatic carbocycles. The molecule has 2 amide bonds. The van der Waals surface area contributed by atoms with Crippen LogP contribution < -0.4 is 10.6 Å². The number of carbonyl (C=O) groups excluding carboxylic acids is 2. The van der Waals surface area contributed by atoms with Gasteiger partial charge in [0, 0.05) is 26.1 Å². The number of likely N-dealkylation sites (N-methyl/N-ethyl adjacent to an activating group) is 1. The number of carbonyl (C=O) groups is 2. The Hall–Kier alpha value is -3.23. The molecular weight excluding hydrogens is 327 g/mol. The molecule has 0 unspecified atom stereocenters. The fourth-order valence-electron chi connectivity index (χ4n) is 2.35. The molecule has 0 aliphatic heterocycles. The van der Waals surface area contributed by atoms with E-state index in [1.807, 2.05) is 0 Å². The van der Waals surface area contributed by atoms with Gasteiger partial charge in [-0.1, -0.05) is 0 Å². The number of fused-ring (bicyclic) bond motifs is 1. The molecule has 25 heavy (non-hydrogen) atoms. The zero-order valence-electron chi connectivity index (χ0n) is 13.5. The van der Waals surface area contributed by atoms with Crippen LogP contribution in [0, 0.1) is 5.82 Å². The minimum atomic E-state index is -0.339. The summed E-state index contributed by atoms with van der Waals surface area (Å²) in [4.78, 5) is 30.6. The number of aryl methyl sites for hydroxylation is 1. The number of nitrogens with one attached hydrogen (secondary N) is 3. The van der Waals surface area contributed by atoms with E-state index in [1.165, 1.54) is 23.0 Å². The number of imidazole rings is 1. The Labute approximate surface area is 142 Å². The third-order valence-electron chi connectivity index (χ3n) is 3.58. The highest BCUT2D eigenvalue weighted by atomic mass is 19.1. The van der Waals surface area contributed by atoms with Gasteiger partial charge in [-0.3, -0.25) is 14.3 Å². The average Bonchev–Trinajstić information content (AvgIpc) is 3.18. The van der Waals surface area contributed by atoms with E-state index in [1.54, 1.807) is 19.3 Å². The summed E-state index contributed by atoms with van der Waals surface area (Å²) < 4.78 is 14.6. The molecule has 0 spiro atoms. The molecule has 2 aromatic heterocycles. The van der Waals surface area contributed by atoms with Crippen molar-refractivity contribution in [1.29, 1.82) is 0 Å². The lowest BCUT2D eigenvalue weighted by atomic mass is 10.3. The Kier molecular flexibility index (Phi) is 4.73. The lowest BCUT2D eigenvalue weighted by Crippen LogP contribution is -2.23. The van der Waals surface area contributed by atoms with Crippen LogP contribution in [0.25, 0.3) is 11.0 Å². The largest absolute Gasteiger partial charge is 0.358 e. The highest BCUT2D eigenvalue weighted by Crippen LogP contribution is 2.14. The van der Waals surface area contributed by atoms with Gasteiger partial charge in [0.05, 0.1) is 22.9 Å². The van der Waals surface area contributed by atoms with Crippen molar-refractivity contribution in [3.8, 4) is 0 Å². The van der Waals surface area contributed by atoms with Gasteiger partial charge in [-0.25, -0.2) is 9.37 Å².